The lowest BCUT2D eigenvalue weighted by Gasteiger charge is -2.23. The summed E-state index contributed by atoms with van der Waals surface area (Å²) in [5, 5.41) is 0. The number of nitrogens with two attached hydrogens (primary N) is 2. The first-order chi connectivity index (χ1) is 7.50. The van der Waals surface area contributed by atoms with Crippen LogP contribution in [0.25, 0.3) is 0 Å². The average molecular weight is 219 g/mol. The minimum atomic E-state index is -0.139. The zero-order valence-electron chi connectivity index (χ0n) is 9.60. The Hall–Kier alpha value is -1.55. The summed E-state index contributed by atoms with van der Waals surface area (Å²) < 4.78 is 0. The molecule has 1 aliphatic rings. The molecule has 0 radical (unpaired) electrons. The smallest absolute Gasteiger partial charge is 0.224 e. The number of amides is 1. The second-order valence-electron chi connectivity index (χ2n) is 4.43. The van der Waals surface area contributed by atoms with Gasteiger partial charge in [0.2, 0.25) is 5.91 Å². The normalized spacial score (nSPS) is 25.2. The maximum absolute atomic E-state index is 11.5. The van der Waals surface area contributed by atoms with Gasteiger partial charge in [-0.15, -0.1) is 0 Å². The molecule has 2 unspecified atom stereocenters. The van der Waals surface area contributed by atoms with Crippen molar-refractivity contribution in [3.63, 3.8) is 0 Å². The van der Waals surface area contributed by atoms with E-state index >= 15 is 0 Å². The summed E-state index contributed by atoms with van der Waals surface area (Å²) in [6.07, 6.45) is 0.412. The Balaban J connectivity index is 2.37. The number of hydrogen-bond acceptors (Lipinski definition) is 3. The van der Waals surface area contributed by atoms with Crippen molar-refractivity contribution in [2.45, 2.75) is 25.4 Å². The lowest BCUT2D eigenvalue weighted by Crippen LogP contribution is -2.30. The third-order valence-corrected chi connectivity index (χ3v) is 3.27. The summed E-state index contributed by atoms with van der Waals surface area (Å²) in [4.78, 5) is 13.2. The highest BCUT2D eigenvalue weighted by Gasteiger charge is 2.36. The van der Waals surface area contributed by atoms with Crippen molar-refractivity contribution < 1.29 is 4.79 Å². The van der Waals surface area contributed by atoms with E-state index in [1.807, 2.05) is 25.1 Å². The molecule has 0 bridgehead atoms. The van der Waals surface area contributed by atoms with E-state index in [2.05, 4.69) is 0 Å². The quantitative estimate of drug-likeness (QED) is 0.686. The van der Waals surface area contributed by atoms with Crippen LogP contribution in [-0.2, 0) is 4.79 Å². The van der Waals surface area contributed by atoms with E-state index in [-0.39, 0.29) is 18.0 Å². The van der Waals surface area contributed by atoms with Gasteiger partial charge in [0.15, 0.2) is 0 Å². The number of rotatable bonds is 1. The molecule has 0 saturated carbocycles. The fourth-order valence-electron chi connectivity index (χ4n) is 2.21. The number of nitrogens with zero attached hydrogens (tertiary/aromatic N) is 1. The molecule has 86 valence electrons. The molecule has 1 heterocycles. The number of hydrogen-bond donors (Lipinski definition) is 2. The molecule has 2 atom stereocenters. The topological polar surface area (TPSA) is 72.4 Å². The Bertz CT molecular complexity index is 430. The zero-order valence-corrected chi connectivity index (χ0v) is 9.60. The van der Waals surface area contributed by atoms with Crippen molar-refractivity contribution >= 4 is 11.6 Å². The fourth-order valence-corrected chi connectivity index (χ4v) is 2.21. The highest BCUT2D eigenvalue weighted by Crippen LogP contribution is 2.31. The van der Waals surface area contributed by atoms with Crippen LogP contribution in [0.2, 0.25) is 0 Å². The molecule has 1 aromatic carbocycles. The maximum Gasteiger partial charge on any atom is 0.224 e. The second-order valence-corrected chi connectivity index (χ2v) is 4.43. The lowest BCUT2D eigenvalue weighted by atomic mass is 9.99. The van der Waals surface area contributed by atoms with Crippen LogP contribution in [0.1, 0.15) is 23.6 Å². The Morgan fingerprint density at radius 3 is 2.62 bits per heavy atom. The largest absolute Gasteiger partial charge is 0.399 e. The van der Waals surface area contributed by atoms with Gasteiger partial charge in [-0.1, -0.05) is 12.1 Å². The van der Waals surface area contributed by atoms with E-state index in [1.54, 1.807) is 11.9 Å². The number of anilines is 1. The first kappa shape index (κ1) is 11.0. The minimum absolute atomic E-state index is 0.0459. The molecular formula is C12H17N3O. The predicted molar refractivity (Wildman–Crippen MR) is 63.7 cm³/mol. The zero-order chi connectivity index (χ0) is 11.9. The summed E-state index contributed by atoms with van der Waals surface area (Å²) in [7, 11) is 1.79. The van der Waals surface area contributed by atoms with Crippen LogP contribution in [0.3, 0.4) is 0 Å². The third-order valence-electron chi connectivity index (χ3n) is 3.27. The molecule has 1 amide bonds. The van der Waals surface area contributed by atoms with Crippen molar-refractivity contribution in [2.75, 3.05) is 12.8 Å². The molecule has 16 heavy (non-hydrogen) atoms. The first-order valence-corrected chi connectivity index (χ1v) is 5.38. The van der Waals surface area contributed by atoms with E-state index in [0.29, 0.717) is 6.42 Å². The second kappa shape index (κ2) is 3.79. The van der Waals surface area contributed by atoms with Crippen molar-refractivity contribution in [2.24, 2.45) is 5.73 Å². The van der Waals surface area contributed by atoms with Gasteiger partial charge in [-0.3, -0.25) is 4.79 Å². The van der Waals surface area contributed by atoms with E-state index in [9.17, 15) is 4.79 Å². The SMILES string of the molecule is Cc1ccc(C2C(N)CC(=O)N2C)cc1N. The van der Waals surface area contributed by atoms with Gasteiger partial charge in [0.05, 0.1) is 6.04 Å². The Morgan fingerprint density at radius 2 is 2.12 bits per heavy atom. The molecule has 0 aromatic heterocycles. The molecule has 4 N–H and O–H groups in total. The molecule has 1 aliphatic heterocycles. The highest BCUT2D eigenvalue weighted by molar-refractivity contribution is 5.80. The van der Waals surface area contributed by atoms with Crippen LogP contribution >= 0.6 is 0 Å². The monoisotopic (exact) mass is 219 g/mol. The van der Waals surface area contributed by atoms with Crippen LogP contribution in [0.4, 0.5) is 5.69 Å². The number of carbonyl (C=O) groups is 1. The predicted octanol–water partition coefficient (Wildman–Crippen LogP) is 0.808. The summed E-state index contributed by atoms with van der Waals surface area (Å²) in [6.45, 7) is 1.96. The molecule has 2 rings (SSSR count). The van der Waals surface area contributed by atoms with E-state index in [4.69, 9.17) is 11.5 Å². The standard InChI is InChI=1S/C12H17N3O/c1-7-3-4-8(5-9(7)13)12-10(14)6-11(16)15(12)2/h3-5,10,12H,6,13-14H2,1-2H3. The van der Waals surface area contributed by atoms with Crippen molar-refractivity contribution in [3.05, 3.63) is 29.3 Å². The summed E-state index contributed by atoms with van der Waals surface area (Å²) in [5.74, 6) is 0.0941. The van der Waals surface area contributed by atoms with Crippen LogP contribution in [-0.4, -0.2) is 23.9 Å². The Labute approximate surface area is 95.2 Å². The van der Waals surface area contributed by atoms with E-state index in [0.717, 1.165) is 16.8 Å². The third kappa shape index (κ3) is 1.65. The number of likely N-dealkylation sites (tertiary alicyclic amines) is 1. The van der Waals surface area contributed by atoms with E-state index < -0.39 is 0 Å². The van der Waals surface area contributed by atoms with Gasteiger partial charge in [0, 0.05) is 25.2 Å². The fraction of sp³-hybridized carbons (Fsp3) is 0.417. The van der Waals surface area contributed by atoms with Crippen LogP contribution in [0, 0.1) is 6.92 Å². The van der Waals surface area contributed by atoms with Crippen LogP contribution < -0.4 is 11.5 Å². The van der Waals surface area contributed by atoms with Gasteiger partial charge in [-0.25, -0.2) is 0 Å². The van der Waals surface area contributed by atoms with Crippen LogP contribution in [0.5, 0.6) is 0 Å². The molecule has 1 aromatic rings. The maximum atomic E-state index is 11.5. The molecule has 4 nitrogen and oxygen atoms in total. The molecule has 1 saturated heterocycles. The molecule has 0 aliphatic carbocycles. The average Bonchev–Trinajstić information content (AvgIpc) is 2.47. The number of aryl methyl sites for hydroxylation is 1. The van der Waals surface area contributed by atoms with Gasteiger partial charge in [0.25, 0.3) is 0 Å². The minimum Gasteiger partial charge on any atom is -0.399 e. The number of benzene rings is 1. The molecule has 4 heteroatoms. The Kier molecular flexibility index (Phi) is 2.59. The number of carbonyl (C=O) groups excluding carboxylic acids is 1. The van der Waals surface area contributed by atoms with Gasteiger partial charge in [-0.05, 0) is 24.1 Å². The highest BCUT2D eigenvalue weighted by atomic mass is 16.2. The molecular weight excluding hydrogens is 202 g/mol. The Morgan fingerprint density at radius 1 is 1.44 bits per heavy atom. The summed E-state index contributed by atoms with van der Waals surface area (Å²) in [6, 6.07) is 5.68. The first-order valence-electron chi connectivity index (χ1n) is 5.38. The van der Waals surface area contributed by atoms with E-state index in [1.165, 1.54) is 0 Å². The van der Waals surface area contributed by atoms with Gasteiger partial charge < -0.3 is 16.4 Å². The van der Waals surface area contributed by atoms with Gasteiger partial charge in [0.1, 0.15) is 0 Å². The van der Waals surface area contributed by atoms with Gasteiger partial charge in [-0.2, -0.15) is 0 Å². The number of likely N-dealkylation sites (N-methyl/N-ethyl adjacent to an activating group) is 1. The molecule has 0 spiro atoms. The van der Waals surface area contributed by atoms with Gasteiger partial charge >= 0.3 is 0 Å². The summed E-state index contributed by atoms with van der Waals surface area (Å²) in [5.41, 5.74) is 14.7. The lowest BCUT2D eigenvalue weighted by molar-refractivity contribution is -0.127. The van der Waals surface area contributed by atoms with Crippen molar-refractivity contribution in [3.8, 4) is 0 Å². The van der Waals surface area contributed by atoms with Crippen molar-refractivity contribution in [1.29, 1.82) is 0 Å². The number of nitrogen functional groups attached to an aromatic ring is 1. The van der Waals surface area contributed by atoms with Crippen LogP contribution in [0.15, 0.2) is 18.2 Å². The van der Waals surface area contributed by atoms with Crippen molar-refractivity contribution in [1.82, 2.24) is 4.90 Å². The summed E-state index contributed by atoms with van der Waals surface area (Å²) >= 11 is 0. The molecule has 1 fully saturated rings.